The summed E-state index contributed by atoms with van der Waals surface area (Å²) in [6, 6.07) is -0.483. The number of hydrogen-bond acceptors (Lipinski definition) is 1. The molecule has 92 valence electrons. The van der Waals surface area contributed by atoms with E-state index >= 15 is 0 Å². The lowest BCUT2D eigenvalue weighted by Crippen LogP contribution is -2.17. The van der Waals surface area contributed by atoms with Gasteiger partial charge < -0.3 is 5.73 Å². The summed E-state index contributed by atoms with van der Waals surface area (Å²) in [5, 5.41) is 0. The van der Waals surface area contributed by atoms with Crippen LogP contribution in [0.25, 0.3) is 0 Å². The minimum absolute atomic E-state index is 0. The van der Waals surface area contributed by atoms with Crippen molar-refractivity contribution >= 4 is 12.4 Å². The Bertz CT molecular complexity index is 359. The van der Waals surface area contributed by atoms with Crippen LogP contribution in [0.4, 0.5) is 4.39 Å². The quantitative estimate of drug-likeness (QED) is 0.846. The highest BCUT2D eigenvalue weighted by molar-refractivity contribution is 5.85. The van der Waals surface area contributed by atoms with Crippen LogP contribution in [-0.2, 0) is 0 Å². The van der Waals surface area contributed by atoms with Gasteiger partial charge in [-0.25, -0.2) is 4.39 Å². The Morgan fingerprint density at radius 3 is 1.50 bits per heavy atom. The molecule has 0 bridgehead atoms. The Hall–Kier alpha value is -0.600. The summed E-state index contributed by atoms with van der Waals surface area (Å²) >= 11 is 0. The zero-order valence-corrected chi connectivity index (χ0v) is 11.5. The van der Waals surface area contributed by atoms with Crippen LogP contribution in [0, 0.1) is 34.6 Å². The molecule has 0 saturated carbocycles. The number of hydrogen-bond donors (Lipinski definition) is 1. The molecule has 1 atom stereocenters. The topological polar surface area (TPSA) is 26.0 Å². The van der Waals surface area contributed by atoms with Gasteiger partial charge in [-0.2, -0.15) is 0 Å². The number of benzene rings is 1. The first-order valence-corrected chi connectivity index (χ1v) is 5.30. The van der Waals surface area contributed by atoms with Crippen LogP contribution in [-0.4, -0.2) is 6.67 Å². The Morgan fingerprint density at radius 1 is 0.875 bits per heavy atom. The molecule has 0 amide bonds. The second-order valence-electron chi connectivity index (χ2n) is 4.30. The van der Waals surface area contributed by atoms with Gasteiger partial charge in [-0.05, 0) is 68.0 Å². The molecule has 3 heteroatoms. The maximum absolute atomic E-state index is 12.7. The van der Waals surface area contributed by atoms with E-state index in [0.29, 0.717) is 0 Å². The third kappa shape index (κ3) is 2.38. The van der Waals surface area contributed by atoms with Crippen molar-refractivity contribution < 1.29 is 4.39 Å². The number of alkyl halides is 1. The maximum atomic E-state index is 12.7. The molecule has 1 nitrogen and oxygen atoms in total. The first-order chi connectivity index (χ1) is 6.91. The predicted octanol–water partition coefficient (Wildman–Crippen LogP) is 3.62. The Balaban J connectivity index is 0.00000225. The minimum atomic E-state index is -0.496. The van der Waals surface area contributed by atoms with Crippen molar-refractivity contribution in [3.05, 3.63) is 33.4 Å². The average Bonchev–Trinajstić information content (AvgIpc) is 2.23. The van der Waals surface area contributed by atoms with Crippen molar-refractivity contribution in [3.8, 4) is 0 Å². The van der Waals surface area contributed by atoms with Gasteiger partial charge >= 0.3 is 0 Å². The monoisotopic (exact) mass is 245 g/mol. The summed E-state index contributed by atoms with van der Waals surface area (Å²) in [6.07, 6.45) is 0. The molecule has 0 unspecified atom stereocenters. The first-order valence-electron chi connectivity index (χ1n) is 5.30. The predicted molar refractivity (Wildman–Crippen MR) is 70.3 cm³/mol. The van der Waals surface area contributed by atoms with Crippen LogP contribution in [0.2, 0.25) is 0 Å². The van der Waals surface area contributed by atoms with E-state index in [-0.39, 0.29) is 12.4 Å². The van der Waals surface area contributed by atoms with Crippen molar-refractivity contribution in [2.45, 2.75) is 40.7 Å². The van der Waals surface area contributed by atoms with E-state index in [1.54, 1.807) is 0 Å². The van der Waals surface area contributed by atoms with Crippen LogP contribution in [0.15, 0.2) is 0 Å². The van der Waals surface area contributed by atoms with Gasteiger partial charge in [0.05, 0.1) is 6.04 Å². The van der Waals surface area contributed by atoms with Crippen LogP contribution in [0.1, 0.15) is 39.4 Å². The SMILES string of the molecule is Cc1c(C)c(C)c([C@H](N)CF)c(C)c1C.Cl. The summed E-state index contributed by atoms with van der Waals surface area (Å²) in [5.41, 5.74) is 12.8. The van der Waals surface area contributed by atoms with Gasteiger partial charge in [-0.15, -0.1) is 12.4 Å². The Kier molecular flexibility index (Phi) is 5.43. The fourth-order valence-corrected chi connectivity index (χ4v) is 2.16. The molecule has 0 saturated heterocycles. The molecule has 0 aliphatic heterocycles. The molecule has 0 aromatic heterocycles. The molecule has 0 radical (unpaired) electrons. The molecule has 1 aromatic rings. The zero-order chi connectivity index (χ0) is 11.7. The molecular formula is C13H21ClFN. The fraction of sp³-hybridized carbons (Fsp3) is 0.538. The summed E-state index contributed by atoms with van der Waals surface area (Å²) in [6.45, 7) is 9.81. The van der Waals surface area contributed by atoms with Gasteiger partial charge in [-0.3, -0.25) is 0 Å². The second-order valence-corrected chi connectivity index (χ2v) is 4.30. The normalized spacial score (nSPS) is 12.2. The molecule has 16 heavy (non-hydrogen) atoms. The van der Waals surface area contributed by atoms with Crippen LogP contribution < -0.4 is 5.73 Å². The molecule has 0 fully saturated rings. The van der Waals surface area contributed by atoms with E-state index in [1.165, 1.54) is 16.7 Å². The maximum Gasteiger partial charge on any atom is 0.109 e. The fourth-order valence-electron chi connectivity index (χ4n) is 2.16. The molecule has 2 N–H and O–H groups in total. The zero-order valence-electron chi connectivity index (χ0n) is 10.6. The van der Waals surface area contributed by atoms with E-state index in [9.17, 15) is 4.39 Å². The molecular weight excluding hydrogens is 225 g/mol. The minimum Gasteiger partial charge on any atom is -0.322 e. The summed E-state index contributed by atoms with van der Waals surface area (Å²) < 4.78 is 12.7. The van der Waals surface area contributed by atoms with E-state index in [0.717, 1.165) is 16.7 Å². The second kappa shape index (κ2) is 5.65. The lowest BCUT2D eigenvalue weighted by molar-refractivity contribution is 0.435. The largest absolute Gasteiger partial charge is 0.322 e. The Morgan fingerprint density at radius 2 is 1.19 bits per heavy atom. The van der Waals surface area contributed by atoms with Gasteiger partial charge in [0.1, 0.15) is 6.67 Å². The van der Waals surface area contributed by atoms with E-state index < -0.39 is 12.7 Å². The van der Waals surface area contributed by atoms with Crippen molar-refractivity contribution in [1.29, 1.82) is 0 Å². The van der Waals surface area contributed by atoms with Gasteiger partial charge in [0.2, 0.25) is 0 Å². The molecule has 0 aliphatic carbocycles. The smallest absolute Gasteiger partial charge is 0.109 e. The third-order valence-corrected chi connectivity index (χ3v) is 3.60. The first kappa shape index (κ1) is 15.4. The Labute approximate surface area is 104 Å². The van der Waals surface area contributed by atoms with E-state index in [4.69, 9.17) is 5.73 Å². The van der Waals surface area contributed by atoms with Crippen LogP contribution in [0.5, 0.6) is 0 Å². The molecule has 1 aromatic carbocycles. The lowest BCUT2D eigenvalue weighted by atomic mass is 9.87. The molecule has 0 heterocycles. The number of rotatable bonds is 2. The van der Waals surface area contributed by atoms with Crippen LogP contribution >= 0.6 is 12.4 Å². The van der Waals surface area contributed by atoms with Crippen LogP contribution in [0.3, 0.4) is 0 Å². The van der Waals surface area contributed by atoms with Crippen molar-refractivity contribution in [2.75, 3.05) is 6.67 Å². The lowest BCUT2D eigenvalue weighted by Gasteiger charge is -2.21. The summed E-state index contributed by atoms with van der Waals surface area (Å²) in [4.78, 5) is 0. The van der Waals surface area contributed by atoms with Crippen molar-refractivity contribution in [1.82, 2.24) is 0 Å². The van der Waals surface area contributed by atoms with E-state index in [1.807, 2.05) is 13.8 Å². The average molecular weight is 246 g/mol. The summed E-state index contributed by atoms with van der Waals surface area (Å²) in [7, 11) is 0. The highest BCUT2D eigenvalue weighted by atomic mass is 35.5. The van der Waals surface area contributed by atoms with Crippen molar-refractivity contribution in [2.24, 2.45) is 5.73 Å². The van der Waals surface area contributed by atoms with Gasteiger partial charge in [0.15, 0.2) is 0 Å². The third-order valence-electron chi connectivity index (χ3n) is 3.60. The highest BCUT2D eigenvalue weighted by Gasteiger charge is 2.17. The van der Waals surface area contributed by atoms with Crippen molar-refractivity contribution in [3.63, 3.8) is 0 Å². The van der Waals surface area contributed by atoms with E-state index in [2.05, 4.69) is 20.8 Å². The molecule has 1 rings (SSSR count). The molecule has 0 aliphatic rings. The number of nitrogens with two attached hydrogens (primary N) is 1. The highest BCUT2D eigenvalue weighted by Crippen LogP contribution is 2.29. The standard InChI is InChI=1S/C13H20FN.ClH/c1-7-8(2)10(4)13(12(15)6-14)11(5)9(7)3;/h12H,6,15H2,1-5H3;1H/t12-;/m1./s1. The van der Waals surface area contributed by atoms with Gasteiger partial charge in [0, 0.05) is 0 Å². The summed E-state index contributed by atoms with van der Waals surface area (Å²) in [5.74, 6) is 0. The molecule has 0 spiro atoms. The van der Waals surface area contributed by atoms with Gasteiger partial charge in [0.25, 0.3) is 0 Å². The van der Waals surface area contributed by atoms with Gasteiger partial charge in [-0.1, -0.05) is 0 Å². The number of halogens is 2.